The Balaban J connectivity index is 1.52. The second-order valence-corrected chi connectivity index (χ2v) is 9.53. The van der Waals surface area contributed by atoms with Gasteiger partial charge in [0, 0.05) is 23.7 Å². The summed E-state index contributed by atoms with van der Waals surface area (Å²) in [6, 6.07) is 19.6. The van der Waals surface area contributed by atoms with Crippen molar-refractivity contribution >= 4 is 35.1 Å². The Hall–Kier alpha value is -4.05. The topological polar surface area (TPSA) is 134 Å². The second kappa shape index (κ2) is 14.5. The average molecular weight is 525 g/mol. The largest absolute Gasteiger partial charge is 0.465 e. The fourth-order valence-corrected chi connectivity index (χ4v) is 4.43. The van der Waals surface area contributed by atoms with Crippen LogP contribution in [0, 0.1) is 0 Å². The number of amides is 3. The lowest BCUT2D eigenvalue weighted by molar-refractivity contribution is -0.134. The molecule has 0 aliphatic heterocycles. The van der Waals surface area contributed by atoms with Gasteiger partial charge in [-0.15, -0.1) is 11.3 Å². The van der Waals surface area contributed by atoms with Crippen LogP contribution in [0.25, 0.3) is 0 Å². The van der Waals surface area contributed by atoms with E-state index in [1.54, 1.807) is 17.0 Å². The van der Waals surface area contributed by atoms with E-state index in [1.165, 1.54) is 11.3 Å². The van der Waals surface area contributed by atoms with Crippen LogP contribution in [0.3, 0.4) is 0 Å². The van der Waals surface area contributed by atoms with Crippen molar-refractivity contribution in [1.29, 1.82) is 0 Å². The van der Waals surface area contributed by atoms with Crippen LogP contribution < -0.4 is 16.4 Å². The predicted molar refractivity (Wildman–Crippen MR) is 143 cm³/mol. The van der Waals surface area contributed by atoms with Crippen LogP contribution in [0.15, 0.2) is 72.1 Å². The first-order valence-electron chi connectivity index (χ1n) is 12.0. The highest BCUT2D eigenvalue weighted by Crippen LogP contribution is 2.18. The van der Waals surface area contributed by atoms with E-state index in [2.05, 4.69) is 10.6 Å². The first-order chi connectivity index (χ1) is 17.9. The summed E-state index contributed by atoms with van der Waals surface area (Å²) in [7, 11) is 0. The van der Waals surface area contributed by atoms with Gasteiger partial charge in [-0.3, -0.25) is 4.79 Å². The Labute approximate surface area is 220 Å². The monoisotopic (exact) mass is 524 g/mol. The molecule has 0 saturated carbocycles. The zero-order chi connectivity index (χ0) is 26.5. The number of nitrogens with two attached hydrogens (primary N) is 1. The van der Waals surface area contributed by atoms with Crippen molar-refractivity contribution in [3.63, 3.8) is 0 Å². The van der Waals surface area contributed by atoms with Crippen LogP contribution >= 0.6 is 11.3 Å². The summed E-state index contributed by atoms with van der Waals surface area (Å²) in [5.74, 6) is -0.303. The molecule has 0 aliphatic rings. The minimum Gasteiger partial charge on any atom is -0.465 e. The Morgan fingerprint density at radius 3 is 2.38 bits per heavy atom. The number of carbonyl (C=O) groups is 3. The number of anilines is 1. The van der Waals surface area contributed by atoms with Crippen LogP contribution in [0.2, 0.25) is 0 Å². The zero-order valence-electron chi connectivity index (χ0n) is 20.5. The van der Waals surface area contributed by atoms with Gasteiger partial charge in [0.25, 0.3) is 0 Å². The van der Waals surface area contributed by atoms with Crippen molar-refractivity contribution in [3.05, 3.63) is 88.1 Å². The molecule has 3 aromatic rings. The number of nitrogens with zero attached hydrogens (tertiary/aromatic N) is 1. The maximum absolute atomic E-state index is 13.5. The van der Waals surface area contributed by atoms with Gasteiger partial charge >= 0.3 is 12.2 Å². The van der Waals surface area contributed by atoms with Gasteiger partial charge in [-0.25, -0.2) is 9.59 Å². The van der Waals surface area contributed by atoms with Crippen LogP contribution in [0.1, 0.15) is 35.3 Å². The Kier molecular flexibility index (Phi) is 10.8. The number of carboxylic acid groups (broad SMARTS) is 1. The Morgan fingerprint density at radius 1 is 0.946 bits per heavy atom. The molecule has 3 rings (SSSR count). The molecule has 0 saturated heterocycles. The number of carbonyl (C=O) groups excluding carboxylic acids is 2. The molecular weight excluding hydrogens is 492 g/mol. The third-order valence-electron chi connectivity index (χ3n) is 5.59. The van der Waals surface area contributed by atoms with Crippen molar-refractivity contribution in [2.24, 2.45) is 0 Å². The van der Waals surface area contributed by atoms with Crippen molar-refractivity contribution in [2.75, 3.05) is 12.3 Å². The number of hydrogen-bond donors (Lipinski definition) is 4. The van der Waals surface area contributed by atoms with Gasteiger partial charge in [0.15, 0.2) is 0 Å². The lowest BCUT2D eigenvalue weighted by Crippen LogP contribution is -2.47. The van der Waals surface area contributed by atoms with Crippen molar-refractivity contribution < 1.29 is 24.2 Å². The van der Waals surface area contributed by atoms with E-state index in [4.69, 9.17) is 10.5 Å². The second-order valence-electron chi connectivity index (χ2n) is 8.50. The number of unbranched alkanes of at least 4 members (excludes halogenated alkanes) is 1. The number of rotatable bonds is 13. The highest BCUT2D eigenvalue weighted by Gasteiger charge is 2.26. The lowest BCUT2D eigenvalue weighted by Gasteiger charge is -2.27. The van der Waals surface area contributed by atoms with Crippen molar-refractivity contribution in [3.8, 4) is 0 Å². The first kappa shape index (κ1) is 27.5. The number of nitrogens with one attached hydrogen (secondary N) is 2. The summed E-state index contributed by atoms with van der Waals surface area (Å²) in [4.78, 5) is 39.5. The number of hydrogen-bond acceptors (Lipinski definition) is 6. The van der Waals surface area contributed by atoms with E-state index in [0.717, 1.165) is 16.0 Å². The number of benzene rings is 2. The van der Waals surface area contributed by atoms with Gasteiger partial charge in [-0.2, -0.15) is 0 Å². The van der Waals surface area contributed by atoms with Gasteiger partial charge in [0.2, 0.25) is 5.91 Å². The fraction of sp³-hybridized carbons (Fsp3) is 0.296. The van der Waals surface area contributed by atoms with E-state index in [0.29, 0.717) is 44.6 Å². The molecule has 37 heavy (non-hydrogen) atoms. The van der Waals surface area contributed by atoms with Gasteiger partial charge in [0.1, 0.15) is 12.6 Å². The van der Waals surface area contributed by atoms with E-state index in [9.17, 15) is 19.5 Å². The molecule has 5 N–H and O–H groups in total. The molecule has 1 aromatic heterocycles. The summed E-state index contributed by atoms with van der Waals surface area (Å²) in [6.07, 6.45) is -0.386. The standard InChI is InChI=1S/C27H32N4O5S/c28-22-13-11-20(12-14-22)17-31(18-23-9-6-16-37-23)25(32)24(30-26(33)34)10-4-5-15-29-27(35)36-19-21-7-2-1-3-8-21/h1-3,6-9,11-14,16,24,30H,4-5,10,15,17-19,28H2,(H,29,35)(H,33,34)/t24-/m0/s1. The van der Waals surface area contributed by atoms with Gasteiger partial charge in [-0.1, -0.05) is 48.5 Å². The molecule has 9 nitrogen and oxygen atoms in total. The molecular formula is C27H32N4O5S. The molecule has 1 heterocycles. The van der Waals surface area contributed by atoms with Gasteiger partial charge < -0.3 is 31.1 Å². The van der Waals surface area contributed by atoms with E-state index < -0.39 is 18.2 Å². The maximum Gasteiger partial charge on any atom is 0.407 e. The summed E-state index contributed by atoms with van der Waals surface area (Å²) in [5, 5.41) is 16.3. The fourth-order valence-electron chi connectivity index (χ4n) is 3.71. The van der Waals surface area contributed by atoms with E-state index >= 15 is 0 Å². The lowest BCUT2D eigenvalue weighted by atomic mass is 10.1. The molecule has 196 valence electrons. The van der Waals surface area contributed by atoms with Crippen molar-refractivity contribution in [1.82, 2.24) is 15.5 Å². The number of thiophene rings is 1. The summed E-state index contributed by atoms with van der Waals surface area (Å²) in [5.41, 5.74) is 8.20. The molecule has 10 heteroatoms. The first-order valence-corrected chi connectivity index (χ1v) is 12.9. The molecule has 0 unspecified atom stereocenters. The molecule has 0 aliphatic carbocycles. The van der Waals surface area contributed by atoms with Gasteiger partial charge in [-0.05, 0) is 54.0 Å². The average Bonchev–Trinajstić information content (AvgIpc) is 3.40. The molecule has 0 spiro atoms. The Morgan fingerprint density at radius 2 is 1.70 bits per heavy atom. The zero-order valence-corrected chi connectivity index (χ0v) is 21.3. The van der Waals surface area contributed by atoms with Crippen molar-refractivity contribution in [2.45, 2.75) is 45.0 Å². The van der Waals surface area contributed by atoms with Crippen LogP contribution in [-0.4, -0.2) is 40.7 Å². The maximum atomic E-state index is 13.5. The Bertz CT molecular complexity index is 1120. The quantitative estimate of drug-likeness (QED) is 0.191. The third-order valence-corrected chi connectivity index (χ3v) is 6.45. The number of alkyl carbamates (subject to hydrolysis) is 1. The normalized spacial score (nSPS) is 11.4. The minimum absolute atomic E-state index is 0.180. The summed E-state index contributed by atoms with van der Waals surface area (Å²) in [6.45, 7) is 1.23. The molecule has 0 bridgehead atoms. The molecule has 0 fully saturated rings. The van der Waals surface area contributed by atoms with E-state index in [1.807, 2.05) is 60.0 Å². The SMILES string of the molecule is Nc1ccc(CN(Cc2cccs2)C(=O)[C@H](CCCCNC(=O)OCc2ccccc2)NC(=O)O)cc1. The number of ether oxygens (including phenoxy) is 1. The highest BCUT2D eigenvalue weighted by molar-refractivity contribution is 7.09. The minimum atomic E-state index is -1.26. The summed E-state index contributed by atoms with van der Waals surface area (Å²) < 4.78 is 5.18. The molecule has 3 amide bonds. The summed E-state index contributed by atoms with van der Waals surface area (Å²) >= 11 is 1.53. The van der Waals surface area contributed by atoms with Crippen LogP contribution in [-0.2, 0) is 29.2 Å². The molecule has 1 atom stereocenters. The van der Waals surface area contributed by atoms with Crippen LogP contribution in [0.4, 0.5) is 15.3 Å². The predicted octanol–water partition coefficient (Wildman–Crippen LogP) is 4.59. The molecule has 2 aromatic carbocycles. The molecule has 0 radical (unpaired) electrons. The number of nitrogen functional groups attached to an aromatic ring is 1. The van der Waals surface area contributed by atoms with E-state index in [-0.39, 0.29) is 12.5 Å². The third kappa shape index (κ3) is 9.85. The van der Waals surface area contributed by atoms with Gasteiger partial charge in [0.05, 0.1) is 6.54 Å². The highest BCUT2D eigenvalue weighted by atomic mass is 32.1. The smallest absolute Gasteiger partial charge is 0.407 e. The van der Waals surface area contributed by atoms with Crippen LogP contribution in [0.5, 0.6) is 0 Å².